The maximum atomic E-state index is 12.9. The van der Waals surface area contributed by atoms with Gasteiger partial charge >= 0.3 is 6.03 Å². The number of nitrogens with one attached hydrogen (secondary N) is 2. The van der Waals surface area contributed by atoms with Crippen LogP contribution in [-0.4, -0.2) is 33.4 Å². The van der Waals surface area contributed by atoms with Gasteiger partial charge in [-0.2, -0.15) is 9.78 Å². The summed E-state index contributed by atoms with van der Waals surface area (Å²) in [4.78, 5) is 25.4. The fraction of sp³-hybridized carbons (Fsp3) is 0.207. The van der Waals surface area contributed by atoms with E-state index < -0.39 is 0 Å². The lowest BCUT2D eigenvalue weighted by atomic mass is 10.1. The first-order valence-electron chi connectivity index (χ1n) is 12.1. The van der Waals surface area contributed by atoms with Crippen molar-refractivity contribution >= 4 is 17.6 Å². The molecule has 0 atom stereocenters. The van der Waals surface area contributed by atoms with Gasteiger partial charge in [0.05, 0.1) is 11.4 Å². The number of phenolic OH excluding ortho intramolecular Hbond substituents is 1. The SMILES string of the molecule is Cc1ccc(C(=O)Nc2ccc(-c3cc(C4CC4)n(C(=O)NCCc4ccccc4)n3)c(O)c2)cc1. The topological polar surface area (TPSA) is 96.3 Å². The van der Waals surface area contributed by atoms with Crippen LogP contribution in [0, 0.1) is 6.92 Å². The largest absolute Gasteiger partial charge is 0.507 e. The summed E-state index contributed by atoms with van der Waals surface area (Å²) in [6.45, 7) is 2.46. The molecule has 1 fully saturated rings. The van der Waals surface area contributed by atoms with Crippen LogP contribution in [0.2, 0.25) is 0 Å². The Labute approximate surface area is 209 Å². The van der Waals surface area contributed by atoms with Gasteiger partial charge in [0.15, 0.2) is 0 Å². The zero-order chi connectivity index (χ0) is 25.1. The summed E-state index contributed by atoms with van der Waals surface area (Å²) in [7, 11) is 0. The molecule has 0 aliphatic heterocycles. The predicted octanol–water partition coefficient (Wildman–Crippen LogP) is 5.49. The standard InChI is InChI=1S/C29H28N4O3/c1-19-7-9-22(10-8-19)28(35)31-23-13-14-24(27(34)17-23)25-18-26(21-11-12-21)33(32-25)29(36)30-16-15-20-5-3-2-4-6-20/h2-10,13-14,17-18,21,34H,11-12,15-16H2,1H3,(H,30,36)(H,31,35). The van der Waals surface area contributed by atoms with Gasteiger partial charge in [0.25, 0.3) is 5.91 Å². The molecule has 1 heterocycles. The van der Waals surface area contributed by atoms with Crippen LogP contribution in [0.5, 0.6) is 5.75 Å². The van der Waals surface area contributed by atoms with Crippen molar-refractivity contribution in [3.63, 3.8) is 0 Å². The van der Waals surface area contributed by atoms with E-state index in [1.807, 2.05) is 55.5 Å². The number of carbonyl (C=O) groups is 2. The average Bonchev–Trinajstić information content (AvgIpc) is 3.63. The van der Waals surface area contributed by atoms with Gasteiger partial charge in [0.1, 0.15) is 5.75 Å². The highest BCUT2D eigenvalue weighted by Crippen LogP contribution is 2.42. The highest BCUT2D eigenvalue weighted by molar-refractivity contribution is 6.04. The first-order chi connectivity index (χ1) is 17.5. The molecule has 0 saturated heterocycles. The van der Waals surface area contributed by atoms with E-state index >= 15 is 0 Å². The Kier molecular flexibility index (Phi) is 6.54. The number of benzene rings is 3. The molecule has 5 rings (SSSR count). The maximum Gasteiger partial charge on any atom is 0.342 e. The summed E-state index contributed by atoms with van der Waals surface area (Å²) in [5.74, 6) is 0.0177. The van der Waals surface area contributed by atoms with Gasteiger partial charge in [-0.15, -0.1) is 0 Å². The van der Waals surface area contributed by atoms with Gasteiger partial charge in [-0.1, -0.05) is 48.0 Å². The number of phenols is 1. The number of hydrogen-bond donors (Lipinski definition) is 3. The van der Waals surface area contributed by atoms with Crippen LogP contribution in [0.1, 0.15) is 45.9 Å². The quantitative estimate of drug-likeness (QED) is 0.326. The van der Waals surface area contributed by atoms with Crippen molar-refractivity contribution in [1.82, 2.24) is 15.1 Å². The van der Waals surface area contributed by atoms with Gasteiger partial charge < -0.3 is 15.7 Å². The Morgan fingerprint density at radius 1 is 1.00 bits per heavy atom. The van der Waals surface area contributed by atoms with E-state index in [4.69, 9.17) is 0 Å². The van der Waals surface area contributed by atoms with Gasteiger partial charge in [0, 0.05) is 35.3 Å². The minimum Gasteiger partial charge on any atom is -0.507 e. The van der Waals surface area contributed by atoms with Crippen molar-refractivity contribution < 1.29 is 14.7 Å². The van der Waals surface area contributed by atoms with E-state index in [1.165, 1.54) is 10.7 Å². The minimum atomic E-state index is -0.277. The van der Waals surface area contributed by atoms with Crippen molar-refractivity contribution in [2.24, 2.45) is 0 Å². The third-order valence-corrected chi connectivity index (χ3v) is 6.30. The second-order valence-electron chi connectivity index (χ2n) is 9.16. The van der Waals surface area contributed by atoms with Crippen molar-refractivity contribution in [3.05, 3.63) is 101 Å². The molecule has 1 aliphatic carbocycles. The summed E-state index contributed by atoms with van der Waals surface area (Å²) in [5, 5.41) is 21.0. The van der Waals surface area contributed by atoms with Gasteiger partial charge in [-0.3, -0.25) is 4.79 Å². The number of aromatic nitrogens is 2. The molecule has 182 valence electrons. The first-order valence-corrected chi connectivity index (χ1v) is 12.1. The van der Waals surface area contributed by atoms with Gasteiger partial charge in [-0.25, -0.2) is 4.79 Å². The lowest BCUT2D eigenvalue weighted by molar-refractivity contribution is 0.102. The Morgan fingerprint density at radius 3 is 2.44 bits per heavy atom. The number of rotatable bonds is 7. The number of aromatic hydroxyl groups is 1. The smallest absolute Gasteiger partial charge is 0.342 e. The molecule has 0 radical (unpaired) electrons. The molecule has 2 amide bonds. The lowest BCUT2D eigenvalue weighted by Gasteiger charge is -2.09. The average molecular weight is 481 g/mol. The van der Waals surface area contributed by atoms with E-state index in [9.17, 15) is 14.7 Å². The molecule has 36 heavy (non-hydrogen) atoms. The summed E-state index contributed by atoms with van der Waals surface area (Å²) in [6, 6.07) is 23.8. The fourth-order valence-electron chi connectivity index (χ4n) is 4.13. The summed E-state index contributed by atoms with van der Waals surface area (Å²) < 4.78 is 1.42. The highest BCUT2D eigenvalue weighted by atomic mass is 16.3. The third-order valence-electron chi connectivity index (χ3n) is 6.30. The van der Waals surface area contributed by atoms with Gasteiger partial charge in [-0.05, 0) is 62.1 Å². The number of amides is 2. The molecular weight excluding hydrogens is 452 g/mol. The second kappa shape index (κ2) is 10.1. The minimum absolute atomic E-state index is 0.0202. The van der Waals surface area contributed by atoms with E-state index in [1.54, 1.807) is 24.3 Å². The van der Waals surface area contributed by atoms with Crippen LogP contribution in [0.3, 0.4) is 0 Å². The van der Waals surface area contributed by atoms with Crippen LogP contribution in [-0.2, 0) is 6.42 Å². The maximum absolute atomic E-state index is 12.9. The normalized spacial score (nSPS) is 12.8. The molecule has 3 N–H and O–H groups in total. The molecule has 1 saturated carbocycles. The predicted molar refractivity (Wildman–Crippen MR) is 139 cm³/mol. The van der Waals surface area contributed by atoms with Gasteiger partial charge in [0.2, 0.25) is 0 Å². The molecule has 4 aromatic rings. The zero-order valence-corrected chi connectivity index (χ0v) is 20.1. The van der Waals surface area contributed by atoms with Crippen LogP contribution >= 0.6 is 0 Å². The third kappa shape index (κ3) is 5.30. The second-order valence-corrected chi connectivity index (χ2v) is 9.16. The Morgan fingerprint density at radius 2 is 1.75 bits per heavy atom. The summed E-state index contributed by atoms with van der Waals surface area (Å²) in [6.07, 6.45) is 2.76. The van der Waals surface area contributed by atoms with Crippen LogP contribution in [0.25, 0.3) is 11.3 Å². The van der Waals surface area contributed by atoms with Crippen LogP contribution in [0.15, 0.2) is 78.9 Å². The number of aryl methyl sites for hydroxylation is 1. The molecule has 0 bridgehead atoms. The Hall–Kier alpha value is -4.39. The van der Waals surface area contributed by atoms with E-state index in [-0.39, 0.29) is 17.7 Å². The summed E-state index contributed by atoms with van der Waals surface area (Å²) in [5.41, 5.74) is 5.10. The van der Waals surface area contributed by atoms with E-state index in [0.717, 1.165) is 36.1 Å². The zero-order valence-electron chi connectivity index (χ0n) is 20.1. The molecule has 0 unspecified atom stereocenters. The van der Waals surface area contributed by atoms with Crippen LogP contribution < -0.4 is 10.6 Å². The Balaban J connectivity index is 1.30. The van der Waals surface area contributed by atoms with Crippen LogP contribution in [0.4, 0.5) is 10.5 Å². The summed E-state index contributed by atoms with van der Waals surface area (Å²) >= 11 is 0. The molecular formula is C29H28N4O3. The number of nitrogens with zero attached hydrogens (tertiary/aromatic N) is 2. The molecule has 3 aromatic carbocycles. The van der Waals surface area contributed by atoms with Crippen molar-refractivity contribution in [1.29, 1.82) is 0 Å². The van der Waals surface area contributed by atoms with Crippen molar-refractivity contribution in [3.8, 4) is 17.0 Å². The molecule has 1 aliphatic rings. The van der Waals surface area contributed by atoms with Crippen molar-refractivity contribution in [2.45, 2.75) is 32.1 Å². The van der Waals surface area contributed by atoms with Crippen molar-refractivity contribution in [2.75, 3.05) is 11.9 Å². The number of carbonyl (C=O) groups excluding carboxylic acids is 2. The monoisotopic (exact) mass is 480 g/mol. The highest BCUT2D eigenvalue weighted by Gasteiger charge is 2.30. The lowest BCUT2D eigenvalue weighted by Crippen LogP contribution is -2.32. The molecule has 1 aromatic heterocycles. The van der Waals surface area contributed by atoms with E-state index in [0.29, 0.717) is 35.0 Å². The molecule has 7 nitrogen and oxygen atoms in total. The van der Waals surface area contributed by atoms with E-state index in [2.05, 4.69) is 15.7 Å². The number of anilines is 1. The molecule has 7 heteroatoms. The fourth-order valence-corrected chi connectivity index (χ4v) is 4.13. The Bertz CT molecular complexity index is 1390. The number of hydrogen-bond acceptors (Lipinski definition) is 4. The first kappa shape index (κ1) is 23.4. The molecule has 0 spiro atoms.